The van der Waals surface area contributed by atoms with Crippen molar-refractivity contribution in [3.63, 3.8) is 0 Å². The first kappa shape index (κ1) is 30.9. The fourth-order valence-corrected chi connectivity index (χ4v) is 4.34. The molecule has 1 amide bonds. The fraction of sp³-hybridized carbons (Fsp3) is 0.429. The summed E-state index contributed by atoms with van der Waals surface area (Å²) in [5, 5.41) is 12.2. The standard InChI is InChI=1S/C28H36FN3O7S/c1-28(2,3)39-27(36)31-21(26(34)35)14-18-7-8-22(20(29)13-18)38-23-9-10-30-25-24(23)19(16-33)15-32(25)17-37-11-12-40(4,5)6/h7-10,13,15-16,21H,11-12,14,17H2,1-6H3,(H,31,36)(H,34,35)/t21-/m0/s1. The van der Waals surface area contributed by atoms with E-state index < -0.39 is 39.6 Å². The lowest BCUT2D eigenvalue weighted by atomic mass is 10.1. The number of pyridine rings is 1. The summed E-state index contributed by atoms with van der Waals surface area (Å²) >= 11 is 0. The molecular weight excluding hydrogens is 541 g/mol. The monoisotopic (exact) mass is 577 g/mol. The van der Waals surface area contributed by atoms with Crippen molar-refractivity contribution in [3.8, 4) is 11.5 Å². The minimum atomic E-state index is -1.33. The Morgan fingerprint density at radius 2 is 1.93 bits per heavy atom. The lowest BCUT2D eigenvalue weighted by Gasteiger charge is -2.24. The zero-order chi connectivity index (χ0) is 29.7. The van der Waals surface area contributed by atoms with Gasteiger partial charge in [0.05, 0.1) is 12.0 Å². The van der Waals surface area contributed by atoms with E-state index in [0.717, 1.165) is 11.8 Å². The average Bonchev–Trinajstić information content (AvgIpc) is 3.20. The van der Waals surface area contributed by atoms with Crippen LogP contribution in [-0.4, -0.2) is 75.8 Å². The number of ether oxygens (including phenoxy) is 3. The Morgan fingerprint density at radius 3 is 2.52 bits per heavy atom. The quantitative estimate of drug-likeness (QED) is 0.228. The van der Waals surface area contributed by atoms with Crippen LogP contribution in [0.15, 0.2) is 36.7 Å². The Balaban J connectivity index is 1.78. The number of carboxylic acid groups (broad SMARTS) is 1. The second-order valence-corrected chi connectivity index (χ2v) is 15.7. The van der Waals surface area contributed by atoms with Crippen LogP contribution in [0.2, 0.25) is 0 Å². The van der Waals surface area contributed by atoms with E-state index in [1.165, 1.54) is 24.4 Å². The minimum absolute atomic E-state index is 0.128. The molecule has 0 saturated heterocycles. The zero-order valence-electron chi connectivity index (χ0n) is 23.5. The number of fused-ring (bicyclic) bond motifs is 1. The summed E-state index contributed by atoms with van der Waals surface area (Å²) in [5.41, 5.74) is 0.290. The van der Waals surface area contributed by atoms with Gasteiger partial charge in [-0.15, -0.1) is 0 Å². The predicted octanol–water partition coefficient (Wildman–Crippen LogP) is 4.97. The molecule has 0 aliphatic rings. The topological polar surface area (TPSA) is 129 Å². The smallest absolute Gasteiger partial charge is 0.408 e. The largest absolute Gasteiger partial charge is 0.480 e. The van der Waals surface area contributed by atoms with Gasteiger partial charge in [0.15, 0.2) is 17.9 Å². The molecular formula is C28H36FN3O7S. The van der Waals surface area contributed by atoms with Crippen molar-refractivity contribution in [3.05, 3.63) is 53.6 Å². The highest BCUT2D eigenvalue weighted by atomic mass is 32.3. The molecule has 2 aromatic heterocycles. The number of nitrogens with one attached hydrogen (secondary N) is 1. The fourth-order valence-electron chi connectivity index (χ4n) is 3.72. The number of benzene rings is 1. The first-order chi connectivity index (χ1) is 18.7. The van der Waals surface area contributed by atoms with Crippen molar-refractivity contribution in [2.24, 2.45) is 0 Å². The van der Waals surface area contributed by atoms with Gasteiger partial charge in [0.25, 0.3) is 0 Å². The van der Waals surface area contributed by atoms with E-state index in [4.69, 9.17) is 14.2 Å². The van der Waals surface area contributed by atoms with Crippen LogP contribution in [0.4, 0.5) is 9.18 Å². The number of aliphatic carboxylic acids is 1. The van der Waals surface area contributed by atoms with Gasteiger partial charge < -0.3 is 29.2 Å². The van der Waals surface area contributed by atoms with E-state index in [1.807, 2.05) is 0 Å². The number of aromatic nitrogens is 2. The van der Waals surface area contributed by atoms with Gasteiger partial charge in [0, 0.05) is 30.1 Å². The lowest BCUT2D eigenvalue weighted by molar-refractivity contribution is -0.139. The number of hydrogen-bond acceptors (Lipinski definition) is 7. The summed E-state index contributed by atoms with van der Waals surface area (Å²) < 4.78 is 33.5. The van der Waals surface area contributed by atoms with Crippen LogP contribution in [0.1, 0.15) is 36.7 Å². The van der Waals surface area contributed by atoms with Crippen molar-refractivity contribution in [2.45, 2.75) is 45.6 Å². The molecule has 218 valence electrons. The van der Waals surface area contributed by atoms with Crippen molar-refractivity contribution in [1.29, 1.82) is 0 Å². The maximum absolute atomic E-state index is 15.1. The second-order valence-electron chi connectivity index (χ2n) is 11.1. The van der Waals surface area contributed by atoms with Crippen molar-refractivity contribution in [2.75, 3.05) is 31.1 Å². The molecule has 0 saturated carbocycles. The number of aldehydes is 1. The third kappa shape index (κ3) is 8.68. The van der Waals surface area contributed by atoms with Gasteiger partial charge in [-0.1, -0.05) is 6.07 Å². The van der Waals surface area contributed by atoms with E-state index in [-0.39, 0.29) is 24.7 Å². The van der Waals surface area contributed by atoms with Crippen LogP contribution in [0, 0.1) is 5.82 Å². The number of nitrogens with zero attached hydrogens (tertiary/aromatic N) is 2. The number of amides is 1. The Hall–Kier alpha value is -3.64. The Kier molecular flexibility index (Phi) is 9.80. The molecule has 1 aromatic carbocycles. The molecule has 40 heavy (non-hydrogen) atoms. The summed E-state index contributed by atoms with van der Waals surface area (Å²) in [4.78, 5) is 39.9. The molecule has 10 nitrogen and oxygen atoms in total. The van der Waals surface area contributed by atoms with Gasteiger partial charge in [-0.2, -0.15) is 0 Å². The molecule has 3 aromatic rings. The van der Waals surface area contributed by atoms with Crippen molar-refractivity contribution >= 4 is 39.4 Å². The molecule has 0 aliphatic carbocycles. The summed E-state index contributed by atoms with van der Waals surface area (Å²) in [7, 11) is -0.707. The summed E-state index contributed by atoms with van der Waals surface area (Å²) in [6.07, 6.45) is 9.33. The number of carbonyl (C=O) groups is 3. The van der Waals surface area contributed by atoms with Gasteiger partial charge in [-0.25, -0.2) is 29.0 Å². The predicted molar refractivity (Wildman–Crippen MR) is 152 cm³/mol. The summed E-state index contributed by atoms with van der Waals surface area (Å²) in [6, 6.07) is 4.20. The molecule has 0 aliphatic heterocycles. The average molecular weight is 578 g/mol. The maximum Gasteiger partial charge on any atom is 0.408 e. The highest BCUT2D eigenvalue weighted by Gasteiger charge is 2.25. The van der Waals surface area contributed by atoms with Crippen LogP contribution in [0.3, 0.4) is 0 Å². The molecule has 2 heterocycles. The van der Waals surface area contributed by atoms with E-state index in [1.54, 1.807) is 31.5 Å². The van der Waals surface area contributed by atoms with Gasteiger partial charge in [0.1, 0.15) is 29.8 Å². The zero-order valence-corrected chi connectivity index (χ0v) is 24.3. The van der Waals surface area contributed by atoms with Gasteiger partial charge in [0.2, 0.25) is 0 Å². The van der Waals surface area contributed by atoms with E-state index >= 15 is 4.39 Å². The maximum atomic E-state index is 15.1. The van der Waals surface area contributed by atoms with Crippen molar-refractivity contribution in [1.82, 2.24) is 14.9 Å². The molecule has 3 rings (SSSR count). The van der Waals surface area contributed by atoms with Gasteiger partial charge in [-0.3, -0.25) is 4.79 Å². The third-order valence-corrected chi connectivity index (χ3v) is 6.98. The molecule has 1 atom stereocenters. The van der Waals surface area contributed by atoms with Gasteiger partial charge >= 0.3 is 12.1 Å². The number of rotatable bonds is 12. The lowest BCUT2D eigenvalue weighted by Crippen LogP contribution is -2.44. The van der Waals surface area contributed by atoms with Crippen LogP contribution in [0.25, 0.3) is 11.0 Å². The molecule has 12 heteroatoms. The van der Waals surface area contributed by atoms with Crippen LogP contribution < -0.4 is 10.1 Å². The van der Waals surface area contributed by atoms with Crippen LogP contribution in [0.5, 0.6) is 11.5 Å². The highest BCUT2D eigenvalue weighted by Crippen LogP contribution is 2.35. The molecule has 0 unspecified atom stereocenters. The number of carboxylic acids is 1. The normalized spacial score (nSPS) is 13.1. The van der Waals surface area contributed by atoms with Gasteiger partial charge in [-0.05, 0) is 63.3 Å². The molecule has 0 radical (unpaired) electrons. The van der Waals surface area contributed by atoms with Crippen LogP contribution >= 0.6 is 10.0 Å². The third-order valence-electron chi connectivity index (χ3n) is 5.59. The van der Waals surface area contributed by atoms with Crippen molar-refractivity contribution < 1.29 is 38.1 Å². The first-order valence-electron chi connectivity index (χ1n) is 12.5. The highest BCUT2D eigenvalue weighted by molar-refractivity contribution is 8.32. The number of carbonyl (C=O) groups excluding carboxylic acids is 2. The first-order valence-corrected chi connectivity index (χ1v) is 15.5. The molecule has 0 bridgehead atoms. The SMILES string of the molecule is CC(C)(C)OC(=O)N[C@@H](Cc1ccc(Oc2ccnc3c2c(C=O)cn3COCCS(C)(C)C)c(F)c1)C(=O)O. The van der Waals surface area contributed by atoms with E-state index in [2.05, 4.69) is 29.1 Å². The van der Waals surface area contributed by atoms with Crippen LogP contribution in [-0.2, 0) is 27.4 Å². The molecule has 0 fully saturated rings. The van der Waals surface area contributed by atoms with E-state index in [9.17, 15) is 19.5 Å². The second kappa shape index (κ2) is 12.7. The molecule has 0 spiro atoms. The summed E-state index contributed by atoms with van der Waals surface area (Å²) in [6.45, 7) is 5.73. The number of hydrogen-bond donors (Lipinski definition) is 2. The molecule has 2 N–H and O–H groups in total. The number of alkyl carbamates (subject to hydrolysis) is 1. The Morgan fingerprint density at radius 1 is 1.20 bits per heavy atom. The minimum Gasteiger partial charge on any atom is -0.480 e. The summed E-state index contributed by atoms with van der Waals surface area (Å²) in [5.74, 6) is -0.998. The Labute approximate surface area is 234 Å². The number of halogens is 1. The van der Waals surface area contributed by atoms with E-state index in [0.29, 0.717) is 35.1 Å². The Bertz CT molecular complexity index is 1380.